The van der Waals surface area contributed by atoms with Crippen LogP contribution in [0.2, 0.25) is 5.02 Å². The number of hydrogen-bond acceptors (Lipinski definition) is 2. The average molecular weight is 281 g/mol. The third-order valence-electron chi connectivity index (χ3n) is 4.11. The number of hydrogen-bond donors (Lipinski definition) is 2. The van der Waals surface area contributed by atoms with Crippen molar-refractivity contribution < 1.29 is 4.79 Å². The molecule has 1 aromatic rings. The molecule has 1 aromatic carbocycles. The summed E-state index contributed by atoms with van der Waals surface area (Å²) >= 11 is 5.96. The Kier molecular flexibility index (Phi) is 4.48. The first-order valence-electron chi connectivity index (χ1n) is 6.80. The predicted molar refractivity (Wildman–Crippen MR) is 78.0 cm³/mol. The molecule has 0 spiro atoms. The van der Waals surface area contributed by atoms with Crippen LogP contribution in [0, 0.1) is 5.41 Å². The van der Waals surface area contributed by atoms with Crippen LogP contribution in [-0.4, -0.2) is 12.5 Å². The molecule has 2 rings (SSSR count). The van der Waals surface area contributed by atoms with Crippen molar-refractivity contribution in [3.63, 3.8) is 0 Å². The minimum atomic E-state index is -0.0268. The Bertz CT molecular complexity index is 452. The maximum atomic E-state index is 12.1. The molecule has 1 aliphatic rings. The van der Waals surface area contributed by atoms with Crippen LogP contribution < -0.4 is 11.1 Å². The van der Waals surface area contributed by atoms with Crippen LogP contribution in [0.25, 0.3) is 0 Å². The number of rotatable bonds is 5. The van der Waals surface area contributed by atoms with Crippen LogP contribution in [0.15, 0.2) is 24.3 Å². The largest absolute Gasteiger partial charge is 0.350 e. The SMILES string of the molecule is C[C@@H](NC(=O)CC1(CN)CCC1)c1cccc(Cl)c1. The van der Waals surface area contributed by atoms with Crippen LogP contribution >= 0.6 is 11.6 Å². The molecule has 1 amide bonds. The number of amides is 1. The first-order chi connectivity index (χ1) is 9.04. The highest BCUT2D eigenvalue weighted by atomic mass is 35.5. The monoisotopic (exact) mass is 280 g/mol. The van der Waals surface area contributed by atoms with E-state index in [2.05, 4.69) is 5.32 Å². The topological polar surface area (TPSA) is 55.1 Å². The fourth-order valence-corrected chi connectivity index (χ4v) is 2.82. The lowest BCUT2D eigenvalue weighted by Gasteiger charge is -2.40. The number of nitrogens with one attached hydrogen (secondary N) is 1. The smallest absolute Gasteiger partial charge is 0.221 e. The van der Waals surface area contributed by atoms with Gasteiger partial charge in [0.25, 0.3) is 0 Å². The van der Waals surface area contributed by atoms with E-state index in [9.17, 15) is 4.79 Å². The zero-order valence-corrected chi connectivity index (χ0v) is 12.0. The molecule has 0 bridgehead atoms. The molecule has 1 atom stereocenters. The Morgan fingerprint density at radius 1 is 1.53 bits per heavy atom. The number of benzene rings is 1. The molecule has 1 saturated carbocycles. The zero-order chi connectivity index (χ0) is 13.9. The average Bonchev–Trinajstić information content (AvgIpc) is 2.34. The summed E-state index contributed by atoms with van der Waals surface area (Å²) in [6.07, 6.45) is 3.87. The van der Waals surface area contributed by atoms with Gasteiger partial charge in [-0.1, -0.05) is 30.2 Å². The highest BCUT2D eigenvalue weighted by Gasteiger charge is 2.37. The lowest BCUT2D eigenvalue weighted by atomic mass is 9.66. The van der Waals surface area contributed by atoms with E-state index in [0.29, 0.717) is 18.0 Å². The zero-order valence-electron chi connectivity index (χ0n) is 11.3. The van der Waals surface area contributed by atoms with Crippen molar-refractivity contribution in [2.75, 3.05) is 6.54 Å². The Labute approximate surface area is 119 Å². The van der Waals surface area contributed by atoms with E-state index in [-0.39, 0.29) is 17.4 Å². The van der Waals surface area contributed by atoms with Gasteiger partial charge in [0.15, 0.2) is 0 Å². The minimum Gasteiger partial charge on any atom is -0.350 e. The van der Waals surface area contributed by atoms with Gasteiger partial charge in [0.05, 0.1) is 6.04 Å². The van der Waals surface area contributed by atoms with Crippen molar-refractivity contribution in [2.45, 2.75) is 38.6 Å². The molecule has 1 aliphatic carbocycles. The van der Waals surface area contributed by atoms with Gasteiger partial charge in [-0.3, -0.25) is 4.79 Å². The van der Waals surface area contributed by atoms with E-state index in [4.69, 9.17) is 17.3 Å². The van der Waals surface area contributed by atoms with Gasteiger partial charge in [0, 0.05) is 11.4 Å². The van der Waals surface area contributed by atoms with Crippen LogP contribution in [0.4, 0.5) is 0 Å². The number of carbonyl (C=O) groups excluding carboxylic acids is 1. The van der Waals surface area contributed by atoms with E-state index in [0.717, 1.165) is 18.4 Å². The van der Waals surface area contributed by atoms with Gasteiger partial charge < -0.3 is 11.1 Å². The lowest BCUT2D eigenvalue weighted by Crippen LogP contribution is -2.42. The van der Waals surface area contributed by atoms with Gasteiger partial charge in [-0.2, -0.15) is 0 Å². The second-order valence-corrected chi connectivity index (χ2v) is 6.02. The highest BCUT2D eigenvalue weighted by Crippen LogP contribution is 2.42. The molecular formula is C15H21ClN2O. The molecule has 0 radical (unpaired) electrons. The third kappa shape index (κ3) is 3.48. The molecule has 3 nitrogen and oxygen atoms in total. The molecule has 0 aliphatic heterocycles. The molecule has 1 fully saturated rings. The number of halogens is 1. The molecule has 3 N–H and O–H groups in total. The summed E-state index contributed by atoms with van der Waals surface area (Å²) in [5, 5.41) is 3.72. The molecular weight excluding hydrogens is 260 g/mol. The van der Waals surface area contributed by atoms with Crippen LogP contribution in [0.5, 0.6) is 0 Å². The van der Waals surface area contributed by atoms with E-state index < -0.39 is 0 Å². The molecule has 0 saturated heterocycles. The Morgan fingerprint density at radius 2 is 2.26 bits per heavy atom. The molecule has 0 heterocycles. The number of nitrogens with two attached hydrogens (primary N) is 1. The van der Waals surface area contributed by atoms with Gasteiger partial charge in [-0.25, -0.2) is 0 Å². The first-order valence-corrected chi connectivity index (χ1v) is 7.17. The maximum Gasteiger partial charge on any atom is 0.221 e. The Balaban J connectivity index is 1.91. The second-order valence-electron chi connectivity index (χ2n) is 5.58. The van der Waals surface area contributed by atoms with Crippen molar-refractivity contribution in [1.82, 2.24) is 5.32 Å². The van der Waals surface area contributed by atoms with Gasteiger partial charge >= 0.3 is 0 Å². The highest BCUT2D eigenvalue weighted by molar-refractivity contribution is 6.30. The van der Waals surface area contributed by atoms with Crippen molar-refractivity contribution >= 4 is 17.5 Å². The molecule has 104 valence electrons. The van der Waals surface area contributed by atoms with Crippen molar-refractivity contribution in [3.8, 4) is 0 Å². The van der Waals surface area contributed by atoms with E-state index in [1.807, 2.05) is 31.2 Å². The van der Waals surface area contributed by atoms with E-state index >= 15 is 0 Å². The molecule has 0 unspecified atom stereocenters. The van der Waals surface area contributed by atoms with Gasteiger partial charge in [-0.15, -0.1) is 0 Å². The normalized spacial score (nSPS) is 18.5. The standard InChI is InChI=1S/C15H21ClN2O/c1-11(12-4-2-5-13(16)8-12)18-14(19)9-15(10-17)6-3-7-15/h2,4-5,8,11H,3,6-7,9-10,17H2,1H3,(H,18,19)/t11-/m1/s1. The lowest BCUT2D eigenvalue weighted by molar-refractivity contribution is -0.125. The van der Waals surface area contributed by atoms with Crippen molar-refractivity contribution in [3.05, 3.63) is 34.9 Å². The summed E-state index contributed by atoms with van der Waals surface area (Å²) in [7, 11) is 0. The second kappa shape index (κ2) is 5.93. The summed E-state index contributed by atoms with van der Waals surface area (Å²) < 4.78 is 0. The Hall–Kier alpha value is -1.06. The first kappa shape index (κ1) is 14.4. The number of carbonyl (C=O) groups is 1. The molecule has 0 aromatic heterocycles. The van der Waals surface area contributed by atoms with Crippen LogP contribution in [0.3, 0.4) is 0 Å². The quantitative estimate of drug-likeness (QED) is 0.871. The molecule has 4 heteroatoms. The third-order valence-corrected chi connectivity index (χ3v) is 4.34. The summed E-state index contributed by atoms with van der Waals surface area (Å²) in [6, 6.07) is 7.56. The van der Waals surface area contributed by atoms with E-state index in [1.54, 1.807) is 0 Å². The summed E-state index contributed by atoms with van der Waals surface area (Å²) in [5.41, 5.74) is 6.86. The fraction of sp³-hybridized carbons (Fsp3) is 0.533. The van der Waals surface area contributed by atoms with Gasteiger partial charge in [0.1, 0.15) is 0 Å². The maximum absolute atomic E-state index is 12.1. The van der Waals surface area contributed by atoms with Crippen molar-refractivity contribution in [2.24, 2.45) is 11.1 Å². The summed E-state index contributed by atoms with van der Waals surface area (Å²) in [5.74, 6) is 0.0811. The summed E-state index contributed by atoms with van der Waals surface area (Å²) in [4.78, 5) is 12.1. The minimum absolute atomic E-state index is 0.0268. The Morgan fingerprint density at radius 3 is 2.79 bits per heavy atom. The van der Waals surface area contributed by atoms with Crippen molar-refractivity contribution in [1.29, 1.82) is 0 Å². The van der Waals surface area contributed by atoms with Gasteiger partial charge in [0.2, 0.25) is 5.91 Å². The van der Waals surface area contributed by atoms with Crippen LogP contribution in [0.1, 0.15) is 44.2 Å². The van der Waals surface area contributed by atoms with Crippen LogP contribution in [-0.2, 0) is 4.79 Å². The predicted octanol–water partition coefficient (Wildman–Crippen LogP) is 3.04. The molecule has 19 heavy (non-hydrogen) atoms. The van der Waals surface area contributed by atoms with E-state index in [1.165, 1.54) is 6.42 Å². The summed E-state index contributed by atoms with van der Waals surface area (Å²) in [6.45, 7) is 2.57. The van der Waals surface area contributed by atoms with Gasteiger partial charge in [-0.05, 0) is 49.4 Å². The fourth-order valence-electron chi connectivity index (χ4n) is 2.62.